The number of benzene rings is 1. The van der Waals surface area contributed by atoms with Crippen molar-refractivity contribution in [2.45, 2.75) is 50.2 Å². The molecule has 2 rings (SSSR count). The van der Waals surface area contributed by atoms with E-state index in [-0.39, 0.29) is 11.3 Å². The maximum Gasteiger partial charge on any atom is 0.573 e. The Morgan fingerprint density at radius 1 is 1.14 bits per heavy atom. The Kier molecular flexibility index (Phi) is 4.78. The molecule has 1 aliphatic rings. The number of aliphatic hydroxyl groups excluding tert-OH is 1. The molecule has 1 atom stereocenters. The normalized spacial score (nSPS) is 20.0. The van der Waals surface area contributed by atoms with E-state index in [1.807, 2.05) is 0 Å². The molecule has 118 valence electrons. The number of hydrogen-bond acceptors (Lipinski definition) is 3. The van der Waals surface area contributed by atoms with E-state index in [1.54, 1.807) is 6.07 Å². The largest absolute Gasteiger partial charge is 0.573 e. The fourth-order valence-electron chi connectivity index (χ4n) is 2.95. The summed E-state index contributed by atoms with van der Waals surface area (Å²) < 4.78 is 46.9. The van der Waals surface area contributed by atoms with E-state index < -0.39 is 18.1 Å². The van der Waals surface area contributed by atoms with Gasteiger partial charge in [-0.25, -0.2) is 0 Å². The summed E-state index contributed by atoms with van der Waals surface area (Å²) in [7, 11) is 1.49. The quantitative estimate of drug-likeness (QED) is 0.915. The van der Waals surface area contributed by atoms with Crippen molar-refractivity contribution in [2.24, 2.45) is 0 Å². The first-order valence-corrected chi connectivity index (χ1v) is 6.96. The molecule has 6 heteroatoms. The van der Waals surface area contributed by atoms with Gasteiger partial charge >= 0.3 is 6.36 Å². The van der Waals surface area contributed by atoms with Crippen LogP contribution in [0, 0.1) is 0 Å². The van der Waals surface area contributed by atoms with E-state index in [0.717, 1.165) is 19.3 Å². The van der Waals surface area contributed by atoms with Gasteiger partial charge in [0, 0.05) is 12.7 Å². The number of methoxy groups -OCH3 is 1. The van der Waals surface area contributed by atoms with Gasteiger partial charge in [-0.1, -0.05) is 37.5 Å². The van der Waals surface area contributed by atoms with Crippen LogP contribution in [-0.4, -0.2) is 24.2 Å². The van der Waals surface area contributed by atoms with Gasteiger partial charge in [-0.05, 0) is 18.9 Å². The second-order valence-electron chi connectivity index (χ2n) is 5.32. The number of ether oxygens (including phenoxy) is 2. The van der Waals surface area contributed by atoms with Crippen LogP contribution in [0.3, 0.4) is 0 Å². The minimum atomic E-state index is -4.79. The van der Waals surface area contributed by atoms with Crippen LogP contribution >= 0.6 is 0 Å². The summed E-state index contributed by atoms with van der Waals surface area (Å²) in [6.07, 6.45) is -1.90. The average Bonchev–Trinajstić information content (AvgIpc) is 2.46. The van der Waals surface area contributed by atoms with E-state index in [2.05, 4.69) is 4.74 Å². The lowest BCUT2D eigenvalue weighted by molar-refractivity contribution is -0.275. The number of para-hydroxylation sites is 1. The Bertz CT molecular complexity index is 467. The molecule has 1 aliphatic carbocycles. The minimum absolute atomic E-state index is 0.110. The van der Waals surface area contributed by atoms with Gasteiger partial charge < -0.3 is 14.6 Å². The topological polar surface area (TPSA) is 38.7 Å². The number of hydrogen-bond donors (Lipinski definition) is 1. The van der Waals surface area contributed by atoms with Gasteiger partial charge in [-0.15, -0.1) is 13.2 Å². The molecule has 0 spiro atoms. The number of alkyl halides is 3. The van der Waals surface area contributed by atoms with Crippen molar-refractivity contribution in [3.8, 4) is 5.75 Å². The van der Waals surface area contributed by atoms with Crippen LogP contribution in [0.2, 0.25) is 0 Å². The van der Waals surface area contributed by atoms with Crippen LogP contribution in [0.15, 0.2) is 24.3 Å². The standard InChI is InChI=1S/C15H19F3O3/c1-20-14(9-5-2-6-10-14)13(19)11-7-3-4-8-12(11)21-15(16,17)18/h3-4,7-8,13,19H,2,5-6,9-10H2,1H3. The van der Waals surface area contributed by atoms with Crippen molar-refractivity contribution in [3.05, 3.63) is 29.8 Å². The number of rotatable bonds is 4. The van der Waals surface area contributed by atoms with Crippen LogP contribution < -0.4 is 4.74 Å². The molecule has 21 heavy (non-hydrogen) atoms. The molecule has 1 aromatic carbocycles. The minimum Gasteiger partial charge on any atom is -0.405 e. The van der Waals surface area contributed by atoms with E-state index in [9.17, 15) is 18.3 Å². The van der Waals surface area contributed by atoms with Crippen LogP contribution in [-0.2, 0) is 4.74 Å². The highest BCUT2D eigenvalue weighted by Gasteiger charge is 2.42. The predicted octanol–water partition coefficient (Wildman–Crippen LogP) is 3.97. The van der Waals surface area contributed by atoms with Crippen LogP contribution in [0.25, 0.3) is 0 Å². The van der Waals surface area contributed by atoms with Crippen LogP contribution in [0.1, 0.15) is 43.8 Å². The van der Waals surface area contributed by atoms with Crippen molar-refractivity contribution >= 4 is 0 Å². The van der Waals surface area contributed by atoms with E-state index in [1.165, 1.54) is 25.3 Å². The lowest BCUT2D eigenvalue weighted by Crippen LogP contribution is -2.40. The zero-order valence-electron chi connectivity index (χ0n) is 11.8. The molecule has 0 heterocycles. The Hall–Kier alpha value is -1.27. The summed E-state index contributed by atoms with van der Waals surface area (Å²) in [6, 6.07) is 5.67. The number of aliphatic hydroxyl groups is 1. The lowest BCUT2D eigenvalue weighted by atomic mass is 9.78. The second-order valence-corrected chi connectivity index (χ2v) is 5.32. The summed E-state index contributed by atoms with van der Waals surface area (Å²) in [5.41, 5.74) is -0.734. The zero-order chi connectivity index (χ0) is 15.5. The molecule has 0 amide bonds. The summed E-state index contributed by atoms with van der Waals surface area (Å²) in [5.74, 6) is -0.375. The Balaban J connectivity index is 2.31. The summed E-state index contributed by atoms with van der Waals surface area (Å²) in [4.78, 5) is 0. The molecule has 1 fully saturated rings. The van der Waals surface area contributed by atoms with Gasteiger partial charge in [0.15, 0.2) is 0 Å². The molecule has 0 aliphatic heterocycles. The first kappa shape index (κ1) is 16.1. The molecule has 0 radical (unpaired) electrons. The molecular formula is C15H19F3O3. The van der Waals surface area contributed by atoms with Gasteiger partial charge in [-0.3, -0.25) is 0 Å². The fourth-order valence-corrected chi connectivity index (χ4v) is 2.95. The average molecular weight is 304 g/mol. The first-order chi connectivity index (χ1) is 9.88. The number of halogens is 3. The lowest BCUT2D eigenvalue weighted by Gasteiger charge is -2.40. The van der Waals surface area contributed by atoms with Crippen LogP contribution in [0.4, 0.5) is 13.2 Å². The zero-order valence-corrected chi connectivity index (χ0v) is 11.8. The van der Waals surface area contributed by atoms with Crippen LogP contribution in [0.5, 0.6) is 5.75 Å². The molecule has 1 unspecified atom stereocenters. The molecule has 0 saturated heterocycles. The maximum absolute atomic E-state index is 12.5. The molecular weight excluding hydrogens is 285 g/mol. The smallest absolute Gasteiger partial charge is 0.405 e. The van der Waals surface area contributed by atoms with Gasteiger partial charge in [0.25, 0.3) is 0 Å². The summed E-state index contributed by atoms with van der Waals surface area (Å²) >= 11 is 0. The van der Waals surface area contributed by atoms with Crippen molar-refractivity contribution in [1.29, 1.82) is 0 Å². The predicted molar refractivity (Wildman–Crippen MR) is 70.9 cm³/mol. The second kappa shape index (κ2) is 6.23. The van der Waals surface area contributed by atoms with Crippen molar-refractivity contribution in [2.75, 3.05) is 7.11 Å². The molecule has 1 saturated carbocycles. The van der Waals surface area contributed by atoms with E-state index >= 15 is 0 Å². The van der Waals surface area contributed by atoms with Gasteiger partial charge in [0.1, 0.15) is 11.9 Å². The highest BCUT2D eigenvalue weighted by molar-refractivity contribution is 5.37. The van der Waals surface area contributed by atoms with Gasteiger partial charge in [0.2, 0.25) is 0 Å². The van der Waals surface area contributed by atoms with Crippen molar-refractivity contribution in [3.63, 3.8) is 0 Å². The Morgan fingerprint density at radius 3 is 2.33 bits per heavy atom. The Morgan fingerprint density at radius 2 is 1.76 bits per heavy atom. The summed E-state index contributed by atoms with van der Waals surface area (Å²) in [6.45, 7) is 0. The molecule has 1 aromatic rings. The molecule has 0 bridgehead atoms. The third kappa shape index (κ3) is 3.68. The highest BCUT2D eigenvalue weighted by Crippen LogP contribution is 2.44. The van der Waals surface area contributed by atoms with Gasteiger partial charge in [0.05, 0.1) is 5.60 Å². The Labute approximate surface area is 121 Å². The molecule has 1 N–H and O–H groups in total. The highest BCUT2D eigenvalue weighted by atomic mass is 19.4. The monoisotopic (exact) mass is 304 g/mol. The SMILES string of the molecule is COC1(C(O)c2ccccc2OC(F)(F)F)CCCCC1. The third-order valence-corrected chi connectivity index (χ3v) is 4.04. The third-order valence-electron chi connectivity index (χ3n) is 4.04. The first-order valence-electron chi connectivity index (χ1n) is 6.96. The van der Waals surface area contributed by atoms with Crippen molar-refractivity contribution < 1.29 is 27.8 Å². The van der Waals surface area contributed by atoms with Gasteiger partial charge in [-0.2, -0.15) is 0 Å². The van der Waals surface area contributed by atoms with E-state index in [0.29, 0.717) is 12.8 Å². The molecule has 0 aromatic heterocycles. The van der Waals surface area contributed by atoms with E-state index in [4.69, 9.17) is 4.74 Å². The van der Waals surface area contributed by atoms with Crippen molar-refractivity contribution in [1.82, 2.24) is 0 Å². The fraction of sp³-hybridized carbons (Fsp3) is 0.600. The molecule has 3 nitrogen and oxygen atoms in total. The maximum atomic E-state index is 12.5. The summed E-state index contributed by atoms with van der Waals surface area (Å²) in [5, 5.41) is 10.6.